The summed E-state index contributed by atoms with van der Waals surface area (Å²) < 4.78 is 0. The van der Waals surface area contributed by atoms with Crippen LogP contribution in [-0.2, 0) is 9.59 Å². The molecule has 0 radical (unpaired) electrons. The molecule has 4 nitrogen and oxygen atoms in total. The minimum absolute atomic E-state index is 0.141. The van der Waals surface area contributed by atoms with Crippen LogP contribution in [0.1, 0.15) is 30.7 Å². The Labute approximate surface area is 161 Å². The Morgan fingerprint density at radius 3 is 2.00 bits per heavy atom. The Bertz CT molecular complexity index is 900. The van der Waals surface area contributed by atoms with Crippen LogP contribution in [0.25, 0.3) is 11.1 Å². The molecule has 3 aliphatic rings. The highest BCUT2D eigenvalue weighted by Gasteiger charge is 2.58. The lowest BCUT2D eigenvalue weighted by Crippen LogP contribution is -2.45. The third kappa shape index (κ3) is 2.22. The van der Waals surface area contributed by atoms with Gasteiger partial charge in [-0.25, -0.2) is 10.0 Å². The summed E-state index contributed by atoms with van der Waals surface area (Å²) in [5.41, 5.74) is 2.46. The average molecular weight is 387 g/mol. The Balaban J connectivity index is 1.56. The molecule has 6 heteroatoms. The summed E-state index contributed by atoms with van der Waals surface area (Å²) in [5, 5.41) is 4.48. The molecule has 2 bridgehead atoms. The molecule has 26 heavy (non-hydrogen) atoms. The number of hydrogen-bond donors (Lipinski definition) is 0. The Kier molecular flexibility index (Phi) is 3.56. The van der Waals surface area contributed by atoms with Crippen LogP contribution < -0.4 is 0 Å². The second-order valence-electron chi connectivity index (χ2n) is 7.16. The predicted octanol–water partition coefficient (Wildman–Crippen LogP) is 4.26. The Hall–Kier alpha value is -2.04. The molecule has 1 aliphatic carbocycles. The van der Waals surface area contributed by atoms with Gasteiger partial charge in [-0.05, 0) is 60.2 Å². The van der Waals surface area contributed by atoms with Crippen molar-refractivity contribution in [2.24, 2.45) is 0 Å². The largest absolute Gasteiger partial charge is 0.272 e. The summed E-state index contributed by atoms with van der Waals surface area (Å²) >= 11 is 12.4. The monoisotopic (exact) mass is 386 g/mol. The van der Waals surface area contributed by atoms with E-state index in [-0.39, 0.29) is 23.9 Å². The predicted molar refractivity (Wildman–Crippen MR) is 99.8 cm³/mol. The molecule has 2 aromatic carbocycles. The first-order valence-electron chi connectivity index (χ1n) is 8.76. The molecule has 0 spiro atoms. The summed E-state index contributed by atoms with van der Waals surface area (Å²) in [5.74, 6) is -1.12. The number of fused-ring (bicyclic) bond motifs is 5. The Morgan fingerprint density at radius 2 is 1.38 bits per heavy atom. The quantitative estimate of drug-likeness (QED) is 0.723. The van der Waals surface area contributed by atoms with Crippen molar-refractivity contribution in [3.8, 4) is 11.1 Å². The molecule has 3 fully saturated rings. The van der Waals surface area contributed by atoms with Crippen molar-refractivity contribution in [1.82, 2.24) is 10.0 Å². The van der Waals surface area contributed by atoms with Crippen LogP contribution in [-0.4, -0.2) is 33.9 Å². The van der Waals surface area contributed by atoms with Gasteiger partial charge in [0.1, 0.15) is 5.92 Å². The van der Waals surface area contributed by atoms with Gasteiger partial charge < -0.3 is 0 Å². The van der Waals surface area contributed by atoms with Gasteiger partial charge in [0, 0.05) is 10.0 Å². The minimum atomic E-state index is -0.835. The number of amides is 2. The van der Waals surface area contributed by atoms with Gasteiger partial charge in [0.2, 0.25) is 0 Å². The lowest BCUT2D eigenvalue weighted by atomic mass is 9.93. The first-order valence-corrected chi connectivity index (χ1v) is 9.51. The van der Waals surface area contributed by atoms with Gasteiger partial charge in [0.15, 0.2) is 0 Å². The molecule has 0 aromatic heterocycles. The zero-order valence-electron chi connectivity index (χ0n) is 13.9. The smallest absolute Gasteiger partial charge is 0.258 e. The topological polar surface area (TPSA) is 40.6 Å². The molecule has 1 saturated carbocycles. The molecule has 2 amide bonds. The van der Waals surface area contributed by atoms with Crippen LogP contribution in [0.15, 0.2) is 42.5 Å². The highest BCUT2D eigenvalue weighted by Crippen LogP contribution is 2.46. The van der Waals surface area contributed by atoms with Crippen LogP contribution >= 0.6 is 23.2 Å². The molecular weight excluding hydrogens is 371 g/mol. The summed E-state index contributed by atoms with van der Waals surface area (Å²) in [6.07, 6.45) is 2.86. The third-order valence-corrected chi connectivity index (χ3v) is 6.33. The molecule has 2 heterocycles. The van der Waals surface area contributed by atoms with E-state index in [2.05, 4.69) is 0 Å². The number of carbonyl (C=O) groups is 2. The number of nitrogens with zero attached hydrogens (tertiary/aromatic N) is 2. The maximum Gasteiger partial charge on any atom is 0.258 e. The van der Waals surface area contributed by atoms with E-state index in [9.17, 15) is 9.59 Å². The summed E-state index contributed by atoms with van der Waals surface area (Å²) in [6, 6.07) is 13.3. The summed E-state index contributed by atoms with van der Waals surface area (Å²) in [6.45, 7) is 0. The SMILES string of the molecule is O=C1C(c2cc(-c3ccc(Cl)cc3)ccc2Cl)C(=O)N2C3CCC(C3)N12. The maximum atomic E-state index is 13.0. The third-order valence-electron chi connectivity index (χ3n) is 5.73. The van der Waals surface area contributed by atoms with Gasteiger partial charge in [-0.15, -0.1) is 0 Å². The van der Waals surface area contributed by atoms with E-state index in [0.29, 0.717) is 15.6 Å². The fourth-order valence-corrected chi connectivity index (χ4v) is 4.88. The normalized spacial score (nSPS) is 26.8. The molecule has 2 saturated heterocycles. The van der Waals surface area contributed by atoms with E-state index in [4.69, 9.17) is 23.2 Å². The minimum Gasteiger partial charge on any atom is -0.272 e. The number of benzene rings is 2. The fourth-order valence-electron chi connectivity index (χ4n) is 4.53. The van der Waals surface area contributed by atoms with Crippen LogP contribution in [0.3, 0.4) is 0 Å². The summed E-state index contributed by atoms with van der Waals surface area (Å²) in [7, 11) is 0. The van der Waals surface area contributed by atoms with E-state index in [1.807, 2.05) is 36.4 Å². The van der Waals surface area contributed by atoms with E-state index in [0.717, 1.165) is 30.4 Å². The fraction of sp³-hybridized carbons (Fsp3) is 0.300. The van der Waals surface area contributed by atoms with Crippen molar-refractivity contribution in [3.63, 3.8) is 0 Å². The lowest BCUT2D eigenvalue weighted by molar-refractivity contribution is -0.150. The first kappa shape index (κ1) is 16.2. The van der Waals surface area contributed by atoms with Crippen LogP contribution in [0, 0.1) is 0 Å². The summed E-state index contributed by atoms with van der Waals surface area (Å²) in [4.78, 5) is 26.0. The molecule has 2 aliphatic heterocycles. The van der Waals surface area contributed by atoms with E-state index in [1.54, 1.807) is 16.1 Å². The first-order chi connectivity index (χ1) is 12.5. The number of halogens is 2. The van der Waals surface area contributed by atoms with Gasteiger partial charge in [-0.2, -0.15) is 0 Å². The average Bonchev–Trinajstić information content (AvgIpc) is 3.31. The molecule has 2 unspecified atom stereocenters. The van der Waals surface area contributed by atoms with Crippen molar-refractivity contribution in [3.05, 3.63) is 58.1 Å². The number of hydrogen-bond acceptors (Lipinski definition) is 2. The lowest BCUT2D eigenvalue weighted by Gasteiger charge is -2.31. The van der Waals surface area contributed by atoms with E-state index in [1.165, 1.54) is 0 Å². The van der Waals surface area contributed by atoms with Crippen LogP contribution in [0.4, 0.5) is 0 Å². The second-order valence-corrected chi connectivity index (χ2v) is 8.01. The highest BCUT2D eigenvalue weighted by molar-refractivity contribution is 6.32. The zero-order chi connectivity index (χ0) is 18.0. The van der Waals surface area contributed by atoms with Gasteiger partial charge >= 0.3 is 0 Å². The van der Waals surface area contributed by atoms with Crippen molar-refractivity contribution in [1.29, 1.82) is 0 Å². The van der Waals surface area contributed by atoms with Gasteiger partial charge in [0.05, 0.1) is 12.1 Å². The highest BCUT2D eigenvalue weighted by atomic mass is 35.5. The van der Waals surface area contributed by atoms with Crippen molar-refractivity contribution in [2.45, 2.75) is 37.3 Å². The molecule has 132 valence electrons. The molecular formula is C20H16Cl2N2O2. The van der Waals surface area contributed by atoms with Crippen molar-refractivity contribution >= 4 is 35.0 Å². The standard InChI is InChI=1S/C20H16Cl2N2O2/c21-13-4-1-11(2-5-13)12-3-8-17(22)16(9-12)18-19(25)23-14-6-7-15(10-14)24(23)20(18)26/h1-5,8-9,14-15,18H,6-7,10H2. The Morgan fingerprint density at radius 1 is 0.808 bits per heavy atom. The molecule has 0 N–H and O–H groups in total. The second kappa shape index (κ2) is 5.73. The molecule has 2 atom stereocenters. The van der Waals surface area contributed by atoms with Gasteiger partial charge in [-0.3, -0.25) is 9.59 Å². The number of rotatable bonds is 2. The van der Waals surface area contributed by atoms with Gasteiger partial charge in [0.25, 0.3) is 11.8 Å². The molecule has 2 aromatic rings. The van der Waals surface area contributed by atoms with Crippen LogP contribution in [0.2, 0.25) is 10.0 Å². The maximum absolute atomic E-state index is 13.0. The van der Waals surface area contributed by atoms with E-state index >= 15 is 0 Å². The van der Waals surface area contributed by atoms with Crippen molar-refractivity contribution < 1.29 is 9.59 Å². The number of hydrazine groups is 1. The van der Waals surface area contributed by atoms with E-state index < -0.39 is 5.92 Å². The van der Waals surface area contributed by atoms with Crippen LogP contribution in [0.5, 0.6) is 0 Å². The number of carbonyl (C=O) groups excluding carboxylic acids is 2. The zero-order valence-corrected chi connectivity index (χ0v) is 15.4. The molecule has 5 rings (SSSR count). The van der Waals surface area contributed by atoms with Crippen molar-refractivity contribution in [2.75, 3.05) is 0 Å². The van der Waals surface area contributed by atoms with Gasteiger partial charge in [-0.1, -0.05) is 41.4 Å².